The topological polar surface area (TPSA) is 72.0 Å². The third kappa shape index (κ3) is 3.81. The Kier molecular flexibility index (Phi) is 4.58. The van der Waals surface area contributed by atoms with Crippen LogP contribution in [-0.4, -0.2) is 10.8 Å². The van der Waals surface area contributed by atoms with Gasteiger partial charge in [-0.3, -0.25) is 10.4 Å². The van der Waals surface area contributed by atoms with Crippen LogP contribution in [0.3, 0.4) is 0 Å². The predicted octanol–water partition coefficient (Wildman–Crippen LogP) is 3.38. The molecule has 0 atom stereocenters. The predicted molar refractivity (Wildman–Crippen MR) is 84.9 cm³/mol. The second-order valence-electron chi connectivity index (χ2n) is 5.43. The number of aromatic nitrogens is 1. The Morgan fingerprint density at radius 3 is 2.71 bits per heavy atom. The number of nitrogen functional groups attached to an aromatic ring is 1. The van der Waals surface area contributed by atoms with Crippen LogP contribution in [0.5, 0.6) is 5.75 Å². The first kappa shape index (κ1) is 15.0. The lowest BCUT2D eigenvalue weighted by atomic mass is 10.0. The molecule has 0 amide bonds. The lowest BCUT2D eigenvalue weighted by molar-refractivity contribution is 0.303. The van der Waals surface area contributed by atoms with E-state index in [1.54, 1.807) is 12.3 Å². The molecule has 0 unspecified atom stereocenters. The van der Waals surface area contributed by atoms with E-state index in [2.05, 4.69) is 37.0 Å². The van der Waals surface area contributed by atoms with E-state index >= 15 is 0 Å². The highest BCUT2D eigenvalue weighted by molar-refractivity contribution is 5.93. The number of hydrogen-bond donors (Lipinski definition) is 2. The third-order valence-electron chi connectivity index (χ3n) is 3.37. The van der Waals surface area contributed by atoms with E-state index in [9.17, 15) is 0 Å². The number of nitrogens with one attached hydrogen (secondary N) is 1. The zero-order chi connectivity index (χ0) is 15.4. The standard InChI is InChI=1S/C17H21N3O/c1-11(2)14-5-4-12(3)16(9-14)21-10-13-6-7-20-15(8-13)17(18)19/h4-9,11H,10H2,1-3H3,(H3,18,19). The maximum atomic E-state index is 7.41. The summed E-state index contributed by atoms with van der Waals surface area (Å²) in [6.07, 6.45) is 1.65. The van der Waals surface area contributed by atoms with Gasteiger partial charge >= 0.3 is 0 Å². The van der Waals surface area contributed by atoms with Gasteiger partial charge in [0.2, 0.25) is 0 Å². The monoisotopic (exact) mass is 283 g/mol. The van der Waals surface area contributed by atoms with Crippen LogP contribution in [0.25, 0.3) is 0 Å². The third-order valence-corrected chi connectivity index (χ3v) is 3.37. The second-order valence-corrected chi connectivity index (χ2v) is 5.43. The summed E-state index contributed by atoms with van der Waals surface area (Å²) in [5.41, 5.74) is 9.24. The molecule has 2 rings (SSSR count). The first-order chi connectivity index (χ1) is 9.97. The van der Waals surface area contributed by atoms with Crippen molar-refractivity contribution in [2.75, 3.05) is 0 Å². The number of rotatable bonds is 5. The lowest BCUT2D eigenvalue weighted by Crippen LogP contribution is -2.13. The van der Waals surface area contributed by atoms with Crippen molar-refractivity contribution in [3.8, 4) is 5.75 Å². The zero-order valence-corrected chi connectivity index (χ0v) is 12.7. The molecule has 2 aromatic rings. The van der Waals surface area contributed by atoms with Gasteiger partial charge in [0.25, 0.3) is 0 Å². The molecule has 0 aliphatic carbocycles. The van der Waals surface area contributed by atoms with E-state index in [1.807, 2.05) is 13.0 Å². The molecule has 4 heteroatoms. The second kappa shape index (κ2) is 6.39. The molecule has 0 aliphatic heterocycles. The highest BCUT2D eigenvalue weighted by Gasteiger charge is 2.06. The molecule has 0 radical (unpaired) electrons. The Morgan fingerprint density at radius 1 is 1.29 bits per heavy atom. The Balaban J connectivity index is 2.14. The van der Waals surface area contributed by atoms with Crippen LogP contribution in [0.1, 0.15) is 42.1 Å². The molecule has 3 N–H and O–H groups in total. The van der Waals surface area contributed by atoms with Gasteiger partial charge in [-0.15, -0.1) is 0 Å². The van der Waals surface area contributed by atoms with E-state index in [-0.39, 0.29) is 5.84 Å². The van der Waals surface area contributed by atoms with Crippen LogP contribution < -0.4 is 10.5 Å². The minimum atomic E-state index is -0.0326. The van der Waals surface area contributed by atoms with Crippen LogP contribution in [-0.2, 0) is 6.61 Å². The van der Waals surface area contributed by atoms with Crippen molar-refractivity contribution < 1.29 is 4.74 Å². The first-order valence-corrected chi connectivity index (χ1v) is 7.00. The molecular weight excluding hydrogens is 262 g/mol. The van der Waals surface area contributed by atoms with Crippen molar-refractivity contribution in [3.05, 3.63) is 58.9 Å². The van der Waals surface area contributed by atoms with Crippen LogP contribution >= 0.6 is 0 Å². The Labute approximate surface area is 125 Å². The number of pyridine rings is 1. The van der Waals surface area contributed by atoms with Crippen molar-refractivity contribution in [1.82, 2.24) is 4.98 Å². The molecule has 21 heavy (non-hydrogen) atoms. The summed E-state index contributed by atoms with van der Waals surface area (Å²) in [5.74, 6) is 1.33. The van der Waals surface area contributed by atoms with Gasteiger partial charge in [0.15, 0.2) is 0 Å². The van der Waals surface area contributed by atoms with Crippen molar-refractivity contribution in [2.45, 2.75) is 33.3 Å². The molecule has 110 valence electrons. The zero-order valence-electron chi connectivity index (χ0n) is 12.7. The minimum Gasteiger partial charge on any atom is -0.489 e. The Morgan fingerprint density at radius 2 is 2.05 bits per heavy atom. The number of amidine groups is 1. The molecular formula is C17H21N3O. The number of aryl methyl sites for hydroxylation is 1. The van der Waals surface area contributed by atoms with E-state index in [1.165, 1.54) is 5.56 Å². The molecule has 4 nitrogen and oxygen atoms in total. The van der Waals surface area contributed by atoms with Gasteiger partial charge < -0.3 is 10.5 Å². The van der Waals surface area contributed by atoms with Crippen LogP contribution in [0, 0.1) is 12.3 Å². The highest BCUT2D eigenvalue weighted by Crippen LogP contribution is 2.25. The molecule has 0 bridgehead atoms. The summed E-state index contributed by atoms with van der Waals surface area (Å²) < 4.78 is 5.91. The van der Waals surface area contributed by atoms with Crippen LogP contribution in [0.2, 0.25) is 0 Å². The number of nitrogens with zero attached hydrogens (tertiary/aromatic N) is 1. The minimum absolute atomic E-state index is 0.0326. The average molecular weight is 283 g/mol. The van der Waals surface area contributed by atoms with Crippen molar-refractivity contribution >= 4 is 5.84 Å². The molecule has 0 saturated heterocycles. The first-order valence-electron chi connectivity index (χ1n) is 7.00. The maximum absolute atomic E-state index is 7.41. The molecule has 0 fully saturated rings. The Bertz CT molecular complexity index is 650. The molecule has 1 aromatic carbocycles. The number of nitrogens with two attached hydrogens (primary N) is 1. The average Bonchev–Trinajstić information content (AvgIpc) is 2.46. The van der Waals surface area contributed by atoms with E-state index in [0.29, 0.717) is 18.2 Å². The van der Waals surface area contributed by atoms with Crippen molar-refractivity contribution in [2.24, 2.45) is 5.73 Å². The largest absolute Gasteiger partial charge is 0.489 e. The molecule has 0 saturated carbocycles. The number of ether oxygens (including phenoxy) is 1. The van der Waals surface area contributed by atoms with Gasteiger partial charge in [-0.1, -0.05) is 26.0 Å². The van der Waals surface area contributed by atoms with E-state index in [4.69, 9.17) is 15.9 Å². The number of hydrogen-bond acceptors (Lipinski definition) is 3. The smallest absolute Gasteiger partial charge is 0.141 e. The SMILES string of the molecule is Cc1ccc(C(C)C)cc1OCc1ccnc(C(=N)N)c1. The summed E-state index contributed by atoms with van der Waals surface area (Å²) in [5, 5.41) is 7.41. The normalized spacial score (nSPS) is 10.7. The van der Waals surface area contributed by atoms with Gasteiger partial charge in [0.05, 0.1) is 0 Å². The fourth-order valence-corrected chi connectivity index (χ4v) is 2.00. The molecule has 1 aromatic heterocycles. The van der Waals surface area contributed by atoms with Crippen molar-refractivity contribution in [3.63, 3.8) is 0 Å². The summed E-state index contributed by atoms with van der Waals surface area (Å²) in [6, 6.07) is 9.95. The maximum Gasteiger partial charge on any atom is 0.141 e. The molecule has 0 aliphatic rings. The van der Waals surface area contributed by atoms with Gasteiger partial charge in [-0.25, -0.2) is 0 Å². The van der Waals surface area contributed by atoms with Crippen molar-refractivity contribution in [1.29, 1.82) is 5.41 Å². The van der Waals surface area contributed by atoms with Gasteiger partial charge in [0, 0.05) is 6.20 Å². The quantitative estimate of drug-likeness (QED) is 0.652. The lowest BCUT2D eigenvalue weighted by Gasteiger charge is -2.13. The summed E-state index contributed by atoms with van der Waals surface area (Å²) in [4.78, 5) is 4.04. The summed E-state index contributed by atoms with van der Waals surface area (Å²) in [6.45, 7) is 6.80. The molecule has 1 heterocycles. The highest BCUT2D eigenvalue weighted by atomic mass is 16.5. The van der Waals surface area contributed by atoms with E-state index < -0.39 is 0 Å². The van der Waals surface area contributed by atoms with Gasteiger partial charge in [-0.2, -0.15) is 0 Å². The van der Waals surface area contributed by atoms with Gasteiger partial charge in [0.1, 0.15) is 23.9 Å². The van der Waals surface area contributed by atoms with Crippen LogP contribution in [0.15, 0.2) is 36.5 Å². The Hall–Kier alpha value is -2.36. The summed E-state index contributed by atoms with van der Waals surface area (Å²) in [7, 11) is 0. The number of benzene rings is 1. The van der Waals surface area contributed by atoms with Gasteiger partial charge in [-0.05, 0) is 47.7 Å². The molecule has 0 spiro atoms. The fourth-order valence-electron chi connectivity index (χ4n) is 2.00. The summed E-state index contributed by atoms with van der Waals surface area (Å²) >= 11 is 0. The fraction of sp³-hybridized carbons (Fsp3) is 0.294. The van der Waals surface area contributed by atoms with Crippen LogP contribution in [0.4, 0.5) is 0 Å². The van der Waals surface area contributed by atoms with E-state index in [0.717, 1.165) is 16.9 Å².